The van der Waals surface area contributed by atoms with Crippen molar-refractivity contribution in [2.24, 2.45) is 0 Å². The van der Waals surface area contributed by atoms with E-state index in [0.717, 1.165) is 0 Å². The molecule has 4 aromatic carbocycles. The topological polar surface area (TPSA) is 154 Å². The number of rotatable bonds is 2. The average Bonchev–Trinajstić information content (AvgIpc) is 2.94. The minimum Gasteiger partial charge on any atom is -0.507 e. The summed E-state index contributed by atoms with van der Waals surface area (Å²) in [6.45, 7) is 3.50. The summed E-state index contributed by atoms with van der Waals surface area (Å²) in [6, 6.07) is 10.5. The molecule has 0 fully saturated rings. The molecule has 0 radical (unpaired) electrons. The van der Waals surface area contributed by atoms with Crippen molar-refractivity contribution in [2.75, 3.05) is 14.2 Å². The van der Waals surface area contributed by atoms with Crippen LogP contribution in [-0.2, 0) is 11.0 Å². The Balaban J connectivity index is 1.73. The molecule has 0 aromatic heterocycles. The van der Waals surface area contributed by atoms with Gasteiger partial charge in [-0.05, 0) is 67.1 Å². The van der Waals surface area contributed by atoms with Crippen molar-refractivity contribution in [2.45, 2.75) is 37.7 Å². The smallest absolute Gasteiger partial charge is 0.201 e. The Labute approximate surface area is 246 Å². The Kier molecular flexibility index (Phi) is 5.32. The van der Waals surface area contributed by atoms with Gasteiger partial charge in [0.2, 0.25) is 11.6 Å². The molecule has 9 heteroatoms. The molecule has 4 aromatic rings. The highest BCUT2D eigenvalue weighted by atomic mass is 16.5. The van der Waals surface area contributed by atoms with Crippen LogP contribution in [0.2, 0.25) is 0 Å². The van der Waals surface area contributed by atoms with Crippen molar-refractivity contribution < 1.29 is 44.6 Å². The number of carbonyl (C=O) groups excluding carboxylic acids is 2. The van der Waals surface area contributed by atoms with Crippen molar-refractivity contribution in [3.8, 4) is 34.5 Å². The van der Waals surface area contributed by atoms with E-state index in [2.05, 4.69) is 0 Å². The zero-order valence-electron chi connectivity index (χ0n) is 23.8. The molecule has 0 saturated carbocycles. The van der Waals surface area contributed by atoms with Crippen LogP contribution in [0.1, 0.15) is 83.6 Å². The lowest BCUT2D eigenvalue weighted by atomic mass is 9.52. The summed E-state index contributed by atoms with van der Waals surface area (Å²) in [5.74, 6) is -2.30. The summed E-state index contributed by atoms with van der Waals surface area (Å²) < 4.78 is 11.3. The van der Waals surface area contributed by atoms with Gasteiger partial charge < -0.3 is 35.0 Å². The number of hydrogen-bond donors (Lipinski definition) is 5. The van der Waals surface area contributed by atoms with Gasteiger partial charge in [-0.15, -0.1) is 0 Å². The second kappa shape index (κ2) is 8.52. The van der Waals surface area contributed by atoms with Gasteiger partial charge in [0, 0.05) is 28.8 Å². The number of fused-ring (bicyclic) bond motifs is 7. The molecule has 7 rings (SSSR count). The molecular weight excluding hydrogens is 552 g/mol. The van der Waals surface area contributed by atoms with E-state index < -0.39 is 28.3 Å². The second-order valence-electron chi connectivity index (χ2n) is 11.6. The second-order valence-corrected chi connectivity index (χ2v) is 11.6. The van der Waals surface area contributed by atoms with E-state index >= 15 is 0 Å². The SMILES string of the molecule is COc1cc(O)c2c(c1)[C@]1(CC[C@]3(O)c4cc(C)cc(O)c4C(=O)c4c(O)cc(OC)c1c43)c1cc(C)cc(O)c1C2=O. The van der Waals surface area contributed by atoms with Crippen molar-refractivity contribution in [3.63, 3.8) is 0 Å². The van der Waals surface area contributed by atoms with Gasteiger partial charge in [-0.25, -0.2) is 0 Å². The maximum atomic E-state index is 14.1. The molecule has 0 unspecified atom stereocenters. The Bertz CT molecular complexity index is 1970. The molecule has 3 aliphatic carbocycles. The minimum atomic E-state index is -1.86. The van der Waals surface area contributed by atoms with Gasteiger partial charge in [-0.2, -0.15) is 0 Å². The molecule has 1 spiro atoms. The molecule has 0 bridgehead atoms. The number of benzene rings is 4. The number of carbonyl (C=O) groups is 2. The number of hydrogen-bond acceptors (Lipinski definition) is 9. The monoisotopic (exact) mass is 580 g/mol. The van der Waals surface area contributed by atoms with Gasteiger partial charge in [-0.1, -0.05) is 12.1 Å². The number of ether oxygens (including phenoxy) is 2. The van der Waals surface area contributed by atoms with Gasteiger partial charge in [0.25, 0.3) is 0 Å². The summed E-state index contributed by atoms with van der Waals surface area (Å²) in [5.41, 5.74) is -1.05. The van der Waals surface area contributed by atoms with Crippen molar-refractivity contribution in [1.82, 2.24) is 0 Å². The molecule has 0 aliphatic heterocycles. The minimum absolute atomic E-state index is 0.0242. The van der Waals surface area contributed by atoms with Gasteiger partial charge >= 0.3 is 0 Å². The van der Waals surface area contributed by atoms with E-state index in [-0.39, 0.29) is 75.0 Å². The molecule has 218 valence electrons. The average molecular weight is 581 g/mol. The third kappa shape index (κ3) is 3.14. The van der Waals surface area contributed by atoms with Crippen LogP contribution in [0.15, 0.2) is 42.5 Å². The first kappa shape index (κ1) is 26.9. The predicted molar refractivity (Wildman–Crippen MR) is 154 cm³/mol. The fourth-order valence-electron chi connectivity index (χ4n) is 7.66. The Morgan fingerprint density at radius 2 is 1.12 bits per heavy atom. The number of methoxy groups -OCH3 is 2. The van der Waals surface area contributed by atoms with E-state index in [1.54, 1.807) is 32.0 Å². The Morgan fingerprint density at radius 3 is 1.72 bits per heavy atom. The highest BCUT2D eigenvalue weighted by Gasteiger charge is 2.59. The highest BCUT2D eigenvalue weighted by molar-refractivity contribution is 6.19. The summed E-state index contributed by atoms with van der Waals surface area (Å²) in [7, 11) is 2.82. The van der Waals surface area contributed by atoms with Crippen LogP contribution < -0.4 is 9.47 Å². The highest BCUT2D eigenvalue weighted by Crippen LogP contribution is 2.64. The molecule has 5 N–H and O–H groups in total. The third-order valence-electron chi connectivity index (χ3n) is 9.32. The van der Waals surface area contributed by atoms with Gasteiger partial charge in [-0.3, -0.25) is 9.59 Å². The van der Waals surface area contributed by atoms with E-state index in [4.69, 9.17) is 9.47 Å². The molecule has 0 heterocycles. The zero-order chi connectivity index (χ0) is 30.7. The first-order valence-electron chi connectivity index (χ1n) is 13.7. The van der Waals surface area contributed by atoms with Crippen LogP contribution >= 0.6 is 0 Å². The van der Waals surface area contributed by atoms with Crippen molar-refractivity contribution in [1.29, 1.82) is 0 Å². The third-order valence-corrected chi connectivity index (χ3v) is 9.32. The standard InChI is InChI=1S/C34H28O9/c1-14-7-17-25(20(35)9-14)31(39)26-18(11-16(42-3)12-22(26)37)33(17)5-6-34(41)19-8-15(2)10-21(36)27(19)32(40)28-23(38)13-24(43-4)29(33)30(28)34/h7-13,35-38,41H,5-6H2,1-4H3/t33-,34-/m0/s1. The first-order valence-corrected chi connectivity index (χ1v) is 13.7. The van der Waals surface area contributed by atoms with Gasteiger partial charge in [0.15, 0.2) is 0 Å². The van der Waals surface area contributed by atoms with Gasteiger partial charge in [0.1, 0.15) is 40.1 Å². The molecule has 2 atom stereocenters. The fourth-order valence-corrected chi connectivity index (χ4v) is 7.66. The lowest BCUT2D eigenvalue weighted by molar-refractivity contribution is 0.0460. The van der Waals surface area contributed by atoms with Crippen LogP contribution in [0.3, 0.4) is 0 Å². The molecule has 0 amide bonds. The van der Waals surface area contributed by atoms with Crippen LogP contribution in [0, 0.1) is 13.8 Å². The maximum absolute atomic E-state index is 14.1. The zero-order valence-corrected chi connectivity index (χ0v) is 23.8. The van der Waals surface area contributed by atoms with Crippen LogP contribution in [0.4, 0.5) is 0 Å². The Morgan fingerprint density at radius 1 is 0.605 bits per heavy atom. The molecule has 0 saturated heterocycles. The number of phenolic OH excluding ortho intramolecular Hbond substituents is 4. The van der Waals surface area contributed by atoms with Crippen LogP contribution in [0.5, 0.6) is 34.5 Å². The van der Waals surface area contributed by atoms with E-state index in [1.165, 1.54) is 38.5 Å². The number of aromatic hydroxyl groups is 4. The molecular formula is C34H28O9. The lowest BCUT2D eigenvalue weighted by Crippen LogP contribution is -2.48. The van der Waals surface area contributed by atoms with Gasteiger partial charge in [0.05, 0.1) is 41.9 Å². The predicted octanol–water partition coefficient (Wildman–Crippen LogP) is 4.60. The lowest BCUT2D eigenvalue weighted by Gasteiger charge is -2.51. The number of ketones is 2. The van der Waals surface area contributed by atoms with Crippen molar-refractivity contribution >= 4 is 11.6 Å². The van der Waals surface area contributed by atoms with Crippen molar-refractivity contribution in [3.05, 3.63) is 104 Å². The van der Waals surface area contributed by atoms with Crippen LogP contribution in [0.25, 0.3) is 0 Å². The number of aliphatic hydroxyl groups is 1. The summed E-state index contributed by atoms with van der Waals surface area (Å²) in [5, 5.41) is 57.2. The summed E-state index contributed by atoms with van der Waals surface area (Å²) in [6.07, 6.45) is 0.0880. The maximum Gasteiger partial charge on any atom is 0.201 e. The first-order chi connectivity index (χ1) is 20.4. The fraction of sp³-hybridized carbons (Fsp3) is 0.235. The summed E-state index contributed by atoms with van der Waals surface area (Å²) in [4.78, 5) is 28.1. The molecule has 3 aliphatic rings. The molecule has 43 heavy (non-hydrogen) atoms. The summed E-state index contributed by atoms with van der Waals surface area (Å²) >= 11 is 0. The Hall–Kier alpha value is -5.02. The molecule has 9 nitrogen and oxygen atoms in total. The van der Waals surface area contributed by atoms with E-state index in [1.807, 2.05) is 0 Å². The number of aryl methyl sites for hydroxylation is 2. The largest absolute Gasteiger partial charge is 0.507 e. The van der Waals surface area contributed by atoms with Crippen LogP contribution in [-0.4, -0.2) is 51.3 Å². The number of phenols is 4. The van der Waals surface area contributed by atoms with E-state index in [9.17, 15) is 35.1 Å². The van der Waals surface area contributed by atoms with E-state index in [0.29, 0.717) is 27.8 Å². The quantitative estimate of drug-likeness (QED) is 0.229. The normalized spacial score (nSPS) is 21.1.